The molecule has 6 nitrogen and oxygen atoms in total. The van der Waals surface area contributed by atoms with E-state index in [9.17, 15) is 18.6 Å². The van der Waals surface area contributed by atoms with Gasteiger partial charge in [0, 0.05) is 6.61 Å². The summed E-state index contributed by atoms with van der Waals surface area (Å²) in [5, 5.41) is 19.8. The number of phenols is 1. The minimum Gasteiger partial charge on any atom is -0.508 e. The minimum atomic E-state index is -3.84. The number of rotatable bonds is 11. The molecule has 0 aliphatic heterocycles. The molecule has 0 spiro atoms. The van der Waals surface area contributed by atoms with E-state index in [0.29, 0.717) is 36.3 Å². The molecule has 2 aromatic rings. The Morgan fingerprint density at radius 3 is 2.41 bits per heavy atom. The third-order valence-electron chi connectivity index (χ3n) is 4.15. The van der Waals surface area contributed by atoms with Gasteiger partial charge in [-0.05, 0) is 67.3 Å². The average Bonchev–Trinajstić information content (AvgIpc) is 2.68. The maximum absolute atomic E-state index is 13.2. The maximum atomic E-state index is 13.2. The van der Waals surface area contributed by atoms with Crippen molar-refractivity contribution >= 4 is 9.84 Å². The van der Waals surface area contributed by atoms with Crippen molar-refractivity contribution < 1.29 is 28.1 Å². The number of aromatic hydroxyl groups is 1. The number of hydrogen-bond acceptors (Lipinski definition) is 6. The SMILES string of the molecule is C=CCc1cc(S(=O)(=O)c2ccc(OC(O)COCC)cc2CC=C)ccc1O. The van der Waals surface area contributed by atoms with Crippen LogP contribution < -0.4 is 4.74 Å². The number of sulfone groups is 1. The predicted molar refractivity (Wildman–Crippen MR) is 111 cm³/mol. The molecule has 0 radical (unpaired) electrons. The molecule has 0 saturated carbocycles. The second-order valence-electron chi connectivity index (χ2n) is 6.28. The Kier molecular flexibility index (Phi) is 8.01. The first-order chi connectivity index (χ1) is 13.8. The lowest BCUT2D eigenvalue weighted by Crippen LogP contribution is -2.22. The first kappa shape index (κ1) is 22.7. The molecule has 0 amide bonds. The molecule has 29 heavy (non-hydrogen) atoms. The van der Waals surface area contributed by atoms with Crippen LogP contribution in [0.4, 0.5) is 0 Å². The molecule has 0 aliphatic carbocycles. The number of aliphatic hydroxyl groups is 1. The maximum Gasteiger partial charge on any atom is 0.221 e. The Hall–Kier alpha value is -2.61. The summed E-state index contributed by atoms with van der Waals surface area (Å²) in [5.74, 6) is 0.341. The van der Waals surface area contributed by atoms with Crippen LogP contribution in [0.25, 0.3) is 0 Å². The summed E-state index contributed by atoms with van der Waals surface area (Å²) in [6, 6.07) is 8.66. The van der Waals surface area contributed by atoms with Crippen molar-refractivity contribution in [1.82, 2.24) is 0 Å². The molecular weight excluding hydrogens is 392 g/mol. The van der Waals surface area contributed by atoms with E-state index in [1.165, 1.54) is 30.3 Å². The van der Waals surface area contributed by atoms with E-state index < -0.39 is 16.1 Å². The molecule has 1 unspecified atom stereocenters. The van der Waals surface area contributed by atoms with Crippen molar-refractivity contribution in [2.45, 2.75) is 35.8 Å². The molecule has 2 rings (SSSR count). The number of phenolic OH excluding ortho intramolecular Hbond substituents is 1. The molecule has 2 aromatic carbocycles. The molecule has 0 fully saturated rings. The standard InChI is InChI=1S/C22H26O6S/c1-4-7-16-14-19(10-11-20(16)23)29(25,26)21-12-9-18(13-17(21)8-5-2)28-22(24)15-27-6-3/h4-5,9-14,22-24H,1-2,6-8,15H2,3H3. The third kappa shape index (κ3) is 5.69. The van der Waals surface area contributed by atoms with E-state index in [4.69, 9.17) is 9.47 Å². The fourth-order valence-corrected chi connectivity index (χ4v) is 4.32. The fraction of sp³-hybridized carbons (Fsp3) is 0.273. The second-order valence-corrected chi connectivity index (χ2v) is 8.20. The Bertz CT molecular complexity index is 965. The smallest absolute Gasteiger partial charge is 0.221 e. The number of allylic oxidation sites excluding steroid dienone is 2. The summed E-state index contributed by atoms with van der Waals surface area (Å²) in [6.45, 7) is 9.56. The quantitative estimate of drug-likeness (QED) is 0.429. The van der Waals surface area contributed by atoms with Crippen LogP contribution in [-0.2, 0) is 27.4 Å². The van der Waals surface area contributed by atoms with E-state index in [2.05, 4.69) is 13.2 Å². The van der Waals surface area contributed by atoms with Crippen molar-refractivity contribution in [3.63, 3.8) is 0 Å². The van der Waals surface area contributed by atoms with Gasteiger partial charge in [0.2, 0.25) is 16.1 Å². The normalized spacial score (nSPS) is 12.3. The van der Waals surface area contributed by atoms with Crippen LogP contribution in [0.3, 0.4) is 0 Å². The van der Waals surface area contributed by atoms with Crippen molar-refractivity contribution in [1.29, 1.82) is 0 Å². The van der Waals surface area contributed by atoms with Gasteiger partial charge >= 0.3 is 0 Å². The third-order valence-corrected chi connectivity index (χ3v) is 6.00. The van der Waals surface area contributed by atoms with Crippen LogP contribution in [0, 0.1) is 0 Å². The van der Waals surface area contributed by atoms with Gasteiger partial charge in [0.1, 0.15) is 18.1 Å². The van der Waals surface area contributed by atoms with Crippen LogP contribution in [-0.4, -0.2) is 38.1 Å². The van der Waals surface area contributed by atoms with Gasteiger partial charge in [-0.25, -0.2) is 8.42 Å². The highest BCUT2D eigenvalue weighted by Gasteiger charge is 2.23. The van der Waals surface area contributed by atoms with Crippen molar-refractivity contribution in [3.05, 3.63) is 72.8 Å². The van der Waals surface area contributed by atoms with Gasteiger partial charge < -0.3 is 19.7 Å². The summed E-state index contributed by atoms with van der Waals surface area (Å²) >= 11 is 0. The Balaban J connectivity index is 2.42. The zero-order valence-corrected chi connectivity index (χ0v) is 17.2. The highest BCUT2D eigenvalue weighted by Crippen LogP contribution is 2.31. The Morgan fingerprint density at radius 1 is 1.07 bits per heavy atom. The van der Waals surface area contributed by atoms with Gasteiger partial charge in [-0.2, -0.15) is 0 Å². The molecule has 156 valence electrons. The zero-order chi connectivity index (χ0) is 21.4. The van der Waals surface area contributed by atoms with Gasteiger partial charge in [0.15, 0.2) is 0 Å². The summed E-state index contributed by atoms with van der Waals surface area (Å²) in [6.07, 6.45) is 2.67. The Labute approximate surface area is 171 Å². The summed E-state index contributed by atoms with van der Waals surface area (Å²) in [4.78, 5) is 0.182. The Morgan fingerprint density at radius 2 is 1.76 bits per heavy atom. The lowest BCUT2D eigenvalue weighted by atomic mass is 10.1. The van der Waals surface area contributed by atoms with Gasteiger partial charge in [-0.3, -0.25) is 0 Å². The van der Waals surface area contributed by atoms with Gasteiger partial charge in [-0.1, -0.05) is 12.2 Å². The highest BCUT2D eigenvalue weighted by molar-refractivity contribution is 7.91. The number of benzene rings is 2. The largest absolute Gasteiger partial charge is 0.508 e. The predicted octanol–water partition coefficient (Wildman–Crippen LogP) is 3.42. The van der Waals surface area contributed by atoms with E-state index in [0.717, 1.165) is 0 Å². The van der Waals surface area contributed by atoms with E-state index in [-0.39, 0.29) is 22.1 Å². The van der Waals surface area contributed by atoms with Gasteiger partial charge in [0.25, 0.3) is 0 Å². The summed E-state index contributed by atoms with van der Waals surface area (Å²) in [7, 11) is -3.84. The van der Waals surface area contributed by atoms with Crippen molar-refractivity contribution in [2.24, 2.45) is 0 Å². The molecule has 0 saturated heterocycles. The fourth-order valence-electron chi connectivity index (χ4n) is 2.79. The van der Waals surface area contributed by atoms with Crippen LogP contribution in [0.15, 0.2) is 71.5 Å². The second kappa shape index (κ2) is 10.2. The minimum absolute atomic E-state index is 0.00688. The summed E-state index contributed by atoms with van der Waals surface area (Å²) in [5.41, 5.74) is 0.963. The van der Waals surface area contributed by atoms with Crippen molar-refractivity contribution in [3.8, 4) is 11.5 Å². The molecule has 0 heterocycles. The average molecular weight is 419 g/mol. The molecule has 2 N–H and O–H groups in total. The van der Waals surface area contributed by atoms with E-state index >= 15 is 0 Å². The summed E-state index contributed by atoms with van der Waals surface area (Å²) < 4.78 is 36.9. The molecular formula is C22H26O6S. The van der Waals surface area contributed by atoms with Crippen LogP contribution in [0.5, 0.6) is 11.5 Å². The molecule has 0 aromatic heterocycles. The molecule has 0 aliphatic rings. The molecule has 7 heteroatoms. The number of aliphatic hydroxyl groups excluding tert-OH is 1. The van der Waals surface area contributed by atoms with Crippen LogP contribution in [0.2, 0.25) is 0 Å². The topological polar surface area (TPSA) is 93.1 Å². The van der Waals surface area contributed by atoms with Crippen molar-refractivity contribution in [2.75, 3.05) is 13.2 Å². The highest BCUT2D eigenvalue weighted by atomic mass is 32.2. The van der Waals surface area contributed by atoms with E-state index in [1.54, 1.807) is 25.1 Å². The molecule has 0 bridgehead atoms. The molecule has 1 atom stereocenters. The van der Waals surface area contributed by atoms with Crippen LogP contribution in [0.1, 0.15) is 18.1 Å². The number of hydrogen-bond donors (Lipinski definition) is 2. The van der Waals surface area contributed by atoms with Gasteiger partial charge in [0.05, 0.1) is 9.79 Å². The zero-order valence-electron chi connectivity index (χ0n) is 16.4. The first-order valence-electron chi connectivity index (χ1n) is 9.17. The van der Waals surface area contributed by atoms with Crippen LogP contribution >= 0.6 is 0 Å². The lowest BCUT2D eigenvalue weighted by molar-refractivity contribution is -0.0750. The first-order valence-corrected chi connectivity index (χ1v) is 10.7. The number of ether oxygens (including phenoxy) is 2. The van der Waals surface area contributed by atoms with Gasteiger partial charge in [-0.15, -0.1) is 13.2 Å². The monoisotopic (exact) mass is 418 g/mol. The lowest BCUT2D eigenvalue weighted by Gasteiger charge is -2.16. The van der Waals surface area contributed by atoms with E-state index in [1.807, 2.05) is 0 Å².